The summed E-state index contributed by atoms with van der Waals surface area (Å²) in [6.07, 6.45) is 5.14. The van der Waals surface area contributed by atoms with Crippen LogP contribution < -0.4 is 10.6 Å². The highest BCUT2D eigenvalue weighted by Crippen LogP contribution is 2.30. The number of rotatable bonds is 7. The molecule has 1 aliphatic carbocycles. The third-order valence-electron chi connectivity index (χ3n) is 3.07. The fourth-order valence-electron chi connectivity index (χ4n) is 1.98. The maximum absolute atomic E-state index is 11.0. The Morgan fingerprint density at radius 1 is 1.44 bits per heavy atom. The van der Waals surface area contributed by atoms with Gasteiger partial charge in [-0.25, -0.2) is 4.79 Å². The van der Waals surface area contributed by atoms with E-state index in [1.165, 1.54) is 25.7 Å². The molecule has 1 amide bonds. The Kier molecular flexibility index (Phi) is 6.23. The zero-order valence-electron chi connectivity index (χ0n) is 10.4. The maximum atomic E-state index is 11.0. The summed E-state index contributed by atoms with van der Waals surface area (Å²) < 4.78 is 4.76. The van der Waals surface area contributed by atoms with E-state index in [2.05, 4.69) is 17.6 Å². The lowest BCUT2D eigenvalue weighted by atomic mass is 9.81. The highest BCUT2D eigenvalue weighted by atomic mass is 16.5. The van der Waals surface area contributed by atoms with Gasteiger partial charge < -0.3 is 15.4 Å². The van der Waals surface area contributed by atoms with Crippen LogP contribution in [-0.2, 0) is 4.74 Å². The molecule has 0 bridgehead atoms. The van der Waals surface area contributed by atoms with Crippen LogP contribution in [0.5, 0.6) is 0 Å². The van der Waals surface area contributed by atoms with E-state index in [0.717, 1.165) is 12.5 Å². The van der Waals surface area contributed by atoms with Gasteiger partial charge in [0.15, 0.2) is 0 Å². The Morgan fingerprint density at radius 2 is 2.19 bits per heavy atom. The molecular weight excluding hydrogens is 204 g/mol. The zero-order valence-corrected chi connectivity index (χ0v) is 10.4. The molecule has 1 fully saturated rings. The molecule has 0 aromatic carbocycles. The molecule has 2 N–H and O–H groups in total. The van der Waals surface area contributed by atoms with Gasteiger partial charge in [-0.2, -0.15) is 0 Å². The summed E-state index contributed by atoms with van der Waals surface area (Å²) in [7, 11) is 0. The van der Waals surface area contributed by atoms with Crippen LogP contribution in [0.15, 0.2) is 0 Å². The topological polar surface area (TPSA) is 50.4 Å². The molecule has 1 atom stereocenters. The van der Waals surface area contributed by atoms with E-state index in [1.54, 1.807) is 6.92 Å². The Morgan fingerprint density at radius 3 is 2.75 bits per heavy atom. The van der Waals surface area contributed by atoms with Gasteiger partial charge in [-0.3, -0.25) is 0 Å². The van der Waals surface area contributed by atoms with Gasteiger partial charge in [0, 0.05) is 19.1 Å². The summed E-state index contributed by atoms with van der Waals surface area (Å²) in [4.78, 5) is 11.0. The van der Waals surface area contributed by atoms with Crippen LogP contribution >= 0.6 is 0 Å². The van der Waals surface area contributed by atoms with Gasteiger partial charge in [0.1, 0.15) is 0 Å². The summed E-state index contributed by atoms with van der Waals surface area (Å²) >= 11 is 0. The average Bonchev–Trinajstić information content (AvgIpc) is 2.19. The monoisotopic (exact) mass is 228 g/mol. The van der Waals surface area contributed by atoms with Gasteiger partial charge in [-0.05, 0) is 26.2 Å². The van der Waals surface area contributed by atoms with Gasteiger partial charge in [-0.15, -0.1) is 0 Å². The second-order valence-corrected chi connectivity index (χ2v) is 4.54. The van der Waals surface area contributed by atoms with Crippen LogP contribution in [0.3, 0.4) is 0 Å². The average molecular weight is 228 g/mol. The summed E-state index contributed by atoms with van der Waals surface area (Å²) in [5.41, 5.74) is 0. The quantitative estimate of drug-likeness (QED) is 0.654. The molecule has 0 spiro atoms. The third kappa shape index (κ3) is 5.35. The fraction of sp³-hybridized carbons (Fsp3) is 0.917. The van der Waals surface area contributed by atoms with Crippen LogP contribution in [0, 0.1) is 5.92 Å². The summed E-state index contributed by atoms with van der Waals surface area (Å²) in [5, 5.41) is 6.11. The minimum Gasteiger partial charge on any atom is -0.450 e. The number of carbonyl (C=O) groups excluding carboxylic acids is 1. The molecule has 0 aromatic heterocycles. The van der Waals surface area contributed by atoms with Crippen molar-refractivity contribution < 1.29 is 9.53 Å². The molecule has 0 aromatic rings. The molecule has 1 rings (SSSR count). The number of alkyl carbamates (subject to hydrolysis) is 1. The van der Waals surface area contributed by atoms with E-state index < -0.39 is 0 Å². The largest absolute Gasteiger partial charge is 0.450 e. The smallest absolute Gasteiger partial charge is 0.407 e. The van der Waals surface area contributed by atoms with E-state index in [1.807, 2.05) is 0 Å². The molecule has 16 heavy (non-hydrogen) atoms. The fourth-order valence-corrected chi connectivity index (χ4v) is 1.98. The minimum absolute atomic E-state index is 0.323. The SMILES string of the molecule is CCOC(=O)NCCNC(C)CC1CCC1. The lowest BCUT2D eigenvalue weighted by Crippen LogP contribution is -2.37. The predicted octanol–water partition coefficient (Wildman–Crippen LogP) is 1.90. The van der Waals surface area contributed by atoms with Crippen molar-refractivity contribution in [2.24, 2.45) is 5.92 Å². The highest BCUT2D eigenvalue weighted by Gasteiger charge is 2.19. The van der Waals surface area contributed by atoms with Crippen LogP contribution in [0.1, 0.15) is 39.5 Å². The van der Waals surface area contributed by atoms with Crippen molar-refractivity contribution in [2.45, 2.75) is 45.6 Å². The van der Waals surface area contributed by atoms with Crippen molar-refractivity contribution in [1.82, 2.24) is 10.6 Å². The second kappa shape index (κ2) is 7.49. The van der Waals surface area contributed by atoms with Gasteiger partial charge in [0.2, 0.25) is 0 Å². The molecular formula is C12H24N2O2. The van der Waals surface area contributed by atoms with E-state index >= 15 is 0 Å². The van der Waals surface area contributed by atoms with Gasteiger partial charge >= 0.3 is 6.09 Å². The number of ether oxygens (including phenoxy) is 1. The Bertz CT molecular complexity index is 205. The first kappa shape index (κ1) is 13.3. The van der Waals surface area contributed by atoms with Crippen LogP contribution in [-0.4, -0.2) is 31.8 Å². The Balaban J connectivity index is 1.91. The van der Waals surface area contributed by atoms with Crippen LogP contribution in [0.2, 0.25) is 0 Å². The molecule has 0 radical (unpaired) electrons. The van der Waals surface area contributed by atoms with E-state index in [9.17, 15) is 4.79 Å². The van der Waals surface area contributed by atoms with Crippen molar-refractivity contribution in [2.75, 3.05) is 19.7 Å². The molecule has 0 aliphatic heterocycles. The van der Waals surface area contributed by atoms with E-state index in [0.29, 0.717) is 19.2 Å². The Hall–Kier alpha value is -0.770. The van der Waals surface area contributed by atoms with E-state index in [-0.39, 0.29) is 6.09 Å². The molecule has 0 saturated heterocycles. The molecule has 0 heterocycles. The highest BCUT2D eigenvalue weighted by molar-refractivity contribution is 5.66. The van der Waals surface area contributed by atoms with Crippen molar-refractivity contribution in [1.29, 1.82) is 0 Å². The van der Waals surface area contributed by atoms with Crippen LogP contribution in [0.4, 0.5) is 4.79 Å². The molecule has 1 unspecified atom stereocenters. The number of carbonyl (C=O) groups is 1. The van der Waals surface area contributed by atoms with Crippen molar-refractivity contribution in [3.05, 3.63) is 0 Å². The molecule has 1 aliphatic rings. The summed E-state index contributed by atoms with van der Waals surface area (Å²) in [6, 6.07) is 0.550. The van der Waals surface area contributed by atoms with Crippen LogP contribution in [0.25, 0.3) is 0 Å². The van der Waals surface area contributed by atoms with E-state index in [4.69, 9.17) is 4.74 Å². The normalized spacial score (nSPS) is 17.6. The van der Waals surface area contributed by atoms with Crippen molar-refractivity contribution in [3.63, 3.8) is 0 Å². The number of nitrogens with one attached hydrogen (secondary N) is 2. The number of hydrogen-bond acceptors (Lipinski definition) is 3. The molecule has 1 saturated carbocycles. The standard InChI is InChI=1S/C12H24N2O2/c1-3-16-12(15)14-8-7-13-10(2)9-11-5-4-6-11/h10-11,13H,3-9H2,1-2H3,(H,14,15). The third-order valence-corrected chi connectivity index (χ3v) is 3.07. The van der Waals surface area contributed by atoms with Gasteiger partial charge in [0.05, 0.1) is 6.61 Å². The summed E-state index contributed by atoms with van der Waals surface area (Å²) in [6.45, 7) is 5.89. The maximum Gasteiger partial charge on any atom is 0.407 e. The first-order chi connectivity index (χ1) is 7.72. The molecule has 94 valence electrons. The first-order valence-electron chi connectivity index (χ1n) is 6.36. The lowest BCUT2D eigenvalue weighted by molar-refractivity contribution is 0.152. The number of amides is 1. The Labute approximate surface area is 98.1 Å². The molecule has 4 heteroatoms. The van der Waals surface area contributed by atoms with Crippen molar-refractivity contribution >= 4 is 6.09 Å². The van der Waals surface area contributed by atoms with Crippen molar-refractivity contribution in [3.8, 4) is 0 Å². The number of hydrogen-bond donors (Lipinski definition) is 2. The zero-order chi connectivity index (χ0) is 11.8. The lowest BCUT2D eigenvalue weighted by Gasteiger charge is -2.28. The molecule has 4 nitrogen and oxygen atoms in total. The second-order valence-electron chi connectivity index (χ2n) is 4.54. The summed E-state index contributed by atoms with van der Waals surface area (Å²) in [5.74, 6) is 0.931. The van der Waals surface area contributed by atoms with Gasteiger partial charge in [0.25, 0.3) is 0 Å². The minimum atomic E-state index is -0.323. The first-order valence-corrected chi connectivity index (χ1v) is 6.36. The predicted molar refractivity (Wildman–Crippen MR) is 64.4 cm³/mol. The van der Waals surface area contributed by atoms with Gasteiger partial charge in [-0.1, -0.05) is 19.3 Å².